The van der Waals surface area contributed by atoms with Crippen molar-refractivity contribution in [1.29, 1.82) is 0 Å². The van der Waals surface area contributed by atoms with Crippen LogP contribution in [0.4, 0.5) is 5.69 Å². The molecule has 0 heterocycles. The first-order valence-electron chi connectivity index (χ1n) is 6.26. The maximum atomic E-state index is 4.38. The molecule has 2 nitrogen and oxygen atoms in total. The Labute approximate surface area is 103 Å². The highest BCUT2D eigenvalue weighted by Crippen LogP contribution is 2.19. The molecule has 0 aromatic heterocycles. The molecule has 1 aliphatic rings. The smallest absolute Gasteiger partial charge is 0.0951 e. The quantitative estimate of drug-likeness (QED) is 0.679. The highest BCUT2D eigenvalue weighted by Gasteiger charge is 2.10. The summed E-state index contributed by atoms with van der Waals surface area (Å²) in [6, 6.07) is 11.2. The zero-order valence-electron chi connectivity index (χ0n) is 10.1. The predicted molar refractivity (Wildman–Crippen MR) is 72.9 cm³/mol. The third-order valence-electron chi connectivity index (χ3n) is 3.12. The molecular formula is C15H18N2. The maximum Gasteiger partial charge on any atom is 0.0951 e. The molecule has 17 heavy (non-hydrogen) atoms. The molecule has 1 aromatic carbocycles. The molecule has 88 valence electrons. The van der Waals surface area contributed by atoms with Gasteiger partial charge in [-0.05, 0) is 30.5 Å². The van der Waals surface area contributed by atoms with E-state index in [1.165, 1.54) is 32.1 Å². The molecule has 2 rings (SSSR count). The van der Waals surface area contributed by atoms with E-state index in [1.54, 1.807) is 0 Å². The summed E-state index contributed by atoms with van der Waals surface area (Å²) in [5.41, 5.74) is 2.00. The second-order valence-electron chi connectivity index (χ2n) is 4.43. The molecule has 1 aromatic rings. The fourth-order valence-corrected chi connectivity index (χ4v) is 2.06. The third kappa shape index (κ3) is 3.69. The number of hydrogen-bond donors (Lipinski definition) is 0. The minimum atomic E-state index is 0.444. The zero-order valence-corrected chi connectivity index (χ0v) is 10.1. The van der Waals surface area contributed by atoms with Gasteiger partial charge in [-0.25, -0.2) is 4.99 Å². The normalized spacial score (nSPS) is 16.0. The van der Waals surface area contributed by atoms with Crippen LogP contribution in [0.1, 0.15) is 37.7 Å². The summed E-state index contributed by atoms with van der Waals surface area (Å²) in [6.07, 6.45) is 8.15. The van der Waals surface area contributed by atoms with Gasteiger partial charge in [-0.1, -0.05) is 44.1 Å². The first-order chi connectivity index (χ1) is 8.38. The van der Waals surface area contributed by atoms with Crippen molar-refractivity contribution >= 4 is 17.8 Å². The van der Waals surface area contributed by atoms with Gasteiger partial charge in [-0.2, -0.15) is 4.99 Å². The molecular weight excluding hydrogens is 208 g/mol. The Morgan fingerprint density at radius 3 is 2.47 bits per heavy atom. The summed E-state index contributed by atoms with van der Waals surface area (Å²) in [5.74, 6) is 0. The largest absolute Gasteiger partial charge is 0.222 e. The van der Waals surface area contributed by atoms with Crippen molar-refractivity contribution in [2.24, 2.45) is 9.98 Å². The highest BCUT2D eigenvalue weighted by molar-refractivity contribution is 5.56. The number of benzene rings is 1. The first-order valence-corrected chi connectivity index (χ1v) is 6.26. The van der Waals surface area contributed by atoms with Gasteiger partial charge < -0.3 is 0 Å². The Kier molecular flexibility index (Phi) is 4.29. The topological polar surface area (TPSA) is 24.7 Å². The van der Waals surface area contributed by atoms with E-state index in [2.05, 4.69) is 22.6 Å². The summed E-state index contributed by atoms with van der Waals surface area (Å²) >= 11 is 0. The minimum Gasteiger partial charge on any atom is -0.222 e. The summed E-state index contributed by atoms with van der Waals surface area (Å²) in [6.45, 7) is 3.72. The van der Waals surface area contributed by atoms with Crippen LogP contribution in [0.25, 0.3) is 6.08 Å². The molecule has 0 aliphatic heterocycles. The lowest BCUT2D eigenvalue weighted by Gasteiger charge is -2.15. The van der Waals surface area contributed by atoms with E-state index < -0.39 is 0 Å². The number of hydrogen-bond acceptors (Lipinski definition) is 2. The molecule has 0 saturated heterocycles. The lowest BCUT2D eigenvalue weighted by molar-refractivity contribution is 0.444. The number of nitrogens with zero attached hydrogens (tertiary/aromatic N) is 2. The van der Waals surface area contributed by atoms with Crippen molar-refractivity contribution in [3.63, 3.8) is 0 Å². The van der Waals surface area contributed by atoms with E-state index in [0.717, 1.165) is 11.3 Å². The average Bonchev–Trinajstić information content (AvgIpc) is 2.41. The van der Waals surface area contributed by atoms with E-state index in [-0.39, 0.29) is 0 Å². The van der Waals surface area contributed by atoms with Crippen LogP contribution in [0.15, 0.2) is 40.8 Å². The lowest BCUT2D eigenvalue weighted by Crippen LogP contribution is -2.08. The standard InChI is InChI=1S/C15H18N2/c1-2-13-8-10-15(11-9-13)17-12-16-14-6-4-3-5-7-14/h2,8-11,14H,1,3-7H2. The SMILES string of the molecule is C=Cc1ccc(N=C=NC2CCCCC2)cc1. The van der Waals surface area contributed by atoms with Crippen LogP contribution in [0.3, 0.4) is 0 Å². The van der Waals surface area contributed by atoms with Crippen molar-refractivity contribution < 1.29 is 0 Å². The second-order valence-corrected chi connectivity index (χ2v) is 4.43. The number of rotatable bonds is 3. The summed E-state index contributed by atoms with van der Waals surface area (Å²) < 4.78 is 0. The van der Waals surface area contributed by atoms with Crippen molar-refractivity contribution in [3.8, 4) is 0 Å². The monoisotopic (exact) mass is 226 g/mol. The van der Waals surface area contributed by atoms with Crippen LogP contribution >= 0.6 is 0 Å². The molecule has 0 unspecified atom stereocenters. The van der Waals surface area contributed by atoms with E-state index in [1.807, 2.05) is 30.3 Å². The van der Waals surface area contributed by atoms with E-state index in [0.29, 0.717) is 6.04 Å². The molecule has 0 bridgehead atoms. The molecule has 1 aliphatic carbocycles. The summed E-state index contributed by atoms with van der Waals surface area (Å²) in [4.78, 5) is 8.61. The van der Waals surface area contributed by atoms with Gasteiger partial charge in [0.15, 0.2) is 0 Å². The second kappa shape index (κ2) is 6.17. The first kappa shape index (κ1) is 11.8. The van der Waals surface area contributed by atoms with Gasteiger partial charge in [0.1, 0.15) is 0 Å². The van der Waals surface area contributed by atoms with E-state index >= 15 is 0 Å². The fraction of sp³-hybridized carbons (Fsp3) is 0.400. The van der Waals surface area contributed by atoms with Gasteiger partial charge in [0.05, 0.1) is 17.7 Å². The molecule has 0 radical (unpaired) electrons. The van der Waals surface area contributed by atoms with Crippen molar-refractivity contribution in [1.82, 2.24) is 0 Å². The minimum absolute atomic E-state index is 0.444. The zero-order chi connectivity index (χ0) is 11.9. The molecule has 0 atom stereocenters. The maximum absolute atomic E-state index is 4.38. The fourth-order valence-electron chi connectivity index (χ4n) is 2.06. The Hall–Kier alpha value is -1.66. The Morgan fingerprint density at radius 1 is 1.12 bits per heavy atom. The predicted octanol–water partition coefficient (Wildman–Crippen LogP) is 4.47. The van der Waals surface area contributed by atoms with Gasteiger partial charge in [0.2, 0.25) is 0 Å². The van der Waals surface area contributed by atoms with Crippen molar-refractivity contribution in [3.05, 3.63) is 36.4 Å². The van der Waals surface area contributed by atoms with Crippen LogP contribution in [0.5, 0.6) is 0 Å². The molecule has 0 amide bonds. The average molecular weight is 226 g/mol. The van der Waals surface area contributed by atoms with E-state index in [9.17, 15) is 0 Å². The van der Waals surface area contributed by atoms with Crippen molar-refractivity contribution in [2.45, 2.75) is 38.1 Å². The molecule has 0 N–H and O–H groups in total. The Balaban J connectivity index is 1.98. The Morgan fingerprint density at radius 2 is 1.82 bits per heavy atom. The van der Waals surface area contributed by atoms with Gasteiger partial charge in [0, 0.05) is 0 Å². The Bertz CT molecular complexity index is 419. The van der Waals surface area contributed by atoms with Gasteiger partial charge in [-0.15, -0.1) is 0 Å². The molecule has 1 saturated carbocycles. The molecule has 0 spiro atoms. The molecule has 2 heteroatoms. The van der Waals surface area contributed by atoms with E-state index in [4.69, 9.17) is 0 Å². The summed E-state index contributed by atoms with van der Waals surface area (Å²) in [5, 5.41) is 0. The van der Waals surface area contributed by atoms with Crippen molar-refractivity contribution in [2.75, 3.05) is 0 Å². The highest BCUT2D eigenvalue weighted by atomic mass is 14.8. The van der Waals surface area contributed by atoms with Gasteiger partial charge in [-0.3, -0.25) is 0 Å². The molecule has 1 fully saturated rings. The van der Waals surface area contributed by atoms with Crippen LogP contribution < -0.4 is 0 Å². The van der Waals surface area contributed by atoms with Gasteiger partial charge >= 0.3 is 0 Å². The van der Waals surface area contributed by atoms with Crippen LogP contribution in [0.2, 0.25) is 0 Å². The number of aliphatic imine (C=N–C) groups is 2. The van der Waals surface area contributed by atoms with Crippen LogP contribution in [-0.2, 0) is 0 Å². The summed E-state index contributed by atoms with van der Waals surface area (Å²) in [7, 11) is 0. The third-order valence-corrected chi connectivity index (χ3v) is 3.12. The lowest BCUT2D eigenvalue weighted by atomic mass is 9.96. The van der Waals surface area contributed by atoms with Crippen LogP contribution in [-0.4, -0.2) is 12.1 Å². The van der Waals surface area contributed by atoms with Gasteiger partial charge in [0.25, 0.3) is 0 Å². The van der Waals surface area contributed by atoms with Crippen LogP contribution in [0, 0.1) is 0 Å².